The van der Waals surface area contributed by atoms with Crippen LogP contribution < -0.4 is 4.90 Å². The molecule has 2 heterocycles. The van der Waals surface area contributed by atoms with Gasteiger partial charge in [0.25, 0.3) is 0 Å². The predicted octanol–water partition coefficient (Wildman–Crippen LogP) is 3.46. The van der Waals surface area contributed by atoms with E-state index in [0.29, 0.717) is 24.1 Å². The van der Waals surface area contributed by atoms with Gasteiger partial charge in [-0.1, -0.05) is 0 Å². The maximum absolute atomic E-state index is 12.3. The quantitative estimate of drug-likeness (QED) is 0.500. The second kappa shape index (κ2) is 7.28. The molecule has 0 spiro atoms. The lowest BCUT2D eigenvalue weighted by Crippen LogP contribution is -2.23. The van der Waals surface area contributed by atoms with Gasteiger partial charge in [-0.05, 0) is 48.9 Å². The van der Waals surface area contributed by atoms with Crippen LogP contribution in [0, 0.1) is 0 Å². The number of Topliss-reactive ketones (excluding diaryl/α,β-unsaturated/α-hetero) is 1. The van der Waals surface area contributed by atoms with E-state index in [1.165, 1.54) is 11.3 Å². The summed E-state index contributed by atoms with van der Waals surface area (Å²) in [6.45, 7) is 0.370. The number of hydrogen-bond donors (Lipinski definition) is 0. The minimum absolute atomic E-state index is 0.0981. The van der Waals surface area contributed by atoms with E-state index in [-0.39, 0.29) is 18.3 Å². The van der Waals surface area contributed by atoms with Gasteiger partial charge >= 0.3 is 5.97 Å². The Morgan fingerprint density at radius 2 is 1.89 bits per heavy atom. The summed E-state index contributed by atoms with van der Waals surface area (Å²) in [4.78, 5) is 42.1. The summed E-state index contributed by atoms with van der Waals surface area (Å²) in [7, 11) is 0. The molecule has 3 aromatic rings. The lowest BCUT2D eigenvalue weighted by Gasteiger charge is -2.15. The first-order valence-corrected chi connectivity index (χ1v) is 9.44. The molecule has 1 amide bonds. The zero-order valence-corrected chi connectivity index (χ0v) is 15.2. The van der Waals surface area contributed by atoms with Crippen LogP contribution >= 0.6 is 11.3 Å². The molecule has 4 rings (SSSR count). The summed E-state index contributed by atoms with van der Waals surface area (Å²) in [5, 5.41) is 0. The molecule has 1 aromatic heterocycles. The SMILES string of the molecule is O=C(COC(=O)c1ccc2ncsc2c1)c1ccc(N2CCCC2=O)cc1. The van der Waals surface area contributed by atoms with Crippen molar-refractivity contribution < 1.29 is 19.1 Å². The zero-order valence-electron chi connectivity index (χ0n) is 14.4. The molecule has 1 fully saturated rings. The second-order valence-electron chi connectivity index (χ2n) is 6.23. The standard InChI is InChI=1S/C20H16N2O4S/c23-17(13-3-6-15(7-4-13)22-9-1-2-19(22)24)11-26-20(25)14-5-8-16-18(10-14)27-12-21-16/h3-8,10,12H,1-2,9,11H2. The molecule has 0 N–H and O–H groups in total. The van der Waals surface area contributed by atoms with Crippen LogP contribution in [0.1, 0.15) is 33.6 Å². The molecule has 7 heteroatoms. The van der Waals surface area contributed by atoms with Gasteiger partial charge in [0.2, 0.25) is 5.91 Å². The summed E-state index contributed by atoms with van der Waals surface area (Å²) in [6.07, 6.45) is 1.41. The minimum atomic E-state index is -0.544. The molecular weight excluding hydrogens is 364 g/mol. The zero-order chi connectivity index (χ0) is 18.8. The molecule has 0 saturated carbocycles. The monoisotopic (exact) mass is 380 g/mol. The number of nitrogens with zero attached hydrogens (tertiary/aromatic N) is 2. The number of anilines is 1. The number of thiazole rings is 1. The maximum Gasteiger partial charge on any atom is 0.338 e. The van der Waals surface area contributed by atoms with Crippen LogP contribution in [0.4, 0.5) is 5.69 Å². The first-order valence-electron chi connectivity index (χ1n) is 8.56. The van der Waals surface area contributed by atoms with Crippen molar-refractivity contribution in [3.63, 3.8) is 0 Å². The Labute approximate surface area is 159 Å². The van der Waals surface area contributed by atoms with E-state index in [4.69, 9.17) is 4.74 Å². The van der Waals surface area contributed by atoms with Crippen LogP contribution in [-0.2, 0) is 9.53 Å². The molecule has 27 heavy (non-hydrogen) atoms. The van der Waals surface area contributed by atoms with Crippen LogP contribution in [-0.4, -0.2) is 35.8 Å². The minimum Gasteiger partial charge on any atom is -0.454 e. The van der Waals surface area contributed by atoms with Crippen molar-refractivity contribution in [1.82, 2.24) is 4.98 Å². The Morgan fingerprint density at radius 1 is 1.11 bits per heavy atom. The van der Waals surface area contributed by atoms with Gasteiger partial charge in [-0.15, -0.1) is 11.3 Å². The first kappa shape index (κ1) is 17.4. The van der Waals surface area contributed by atoms with E-state index in [0.717, 1.165) is 22.3 Å². The van der Waals surface area contributed by atoms with E-state index in [9.17, 15) is 14.4 Å². The molecule has 1 aliphatic rings. The van der Waals surface area contributed by atoms with Crippen molar-refractivity contribution in [2.75, 3.05) is 18.1 Å². The summed E-state index contributed by atoms with van der Waals surface area (Å²) in [6, 6.07) is 11.9. The van der Waals surface area contributed by atoms with Gasteiger partial charge < -0.3 is 9.64 Å². The smallest absolute Gasteiger partial charge is 0.338 e. The molecule has 1 aliphatic heterocycles. The number of ketones is 1. The predicted molar refractivity (Wildman–Crippen MR) is 102 cm³/mol. The number of fused-ring (bicyclic) bond motifs is 1. The number of esters is 1. The summed E-state index contributed by atoms with van der Waals surface area (Å²) >= 11 is 1.44. The van der Waals surface area contributed by atoms with E-state index < -0.39 is 5.97 Å². The molecule has 0 bridgehead atoms. The van der Waals surface area contributed by atoms with Crippen molar-refractivity contribution in [2.45, 2.75) is 12.8 Å². The number of ether oxygens (including phenoxy) is 1. The van der Waals surface area contributed by atoms with Gasteiger partial charge in [0.05, 0.1) is 21.3 Å². The van der Waals surface area contributed by atoms with Crippen molar-refractivity contribution in [2.24, 2.45) is 0 Å². The summed E-state index contributed by atoms with van der Waals surface area (Å²) in [5.74, 6) is -0.736. The second-order valence-corrected chi connectivity index (χ2v) is 7.12. The molecule has 1 saturated heterocycles. The maximum atomic E-state index is 12.3. The molecule has 0 atom stereocenters. The normalized spacial score (nSPS) is 13.9. The number of carbonyl (C=O) groups excluding carboxylic acids is 3. The Balaban J connectivity index is 1.38. The van der Waals surface area contributed by atoms with Crippen molar-refractivity contribution >= 4 is 44.9 Å². The fourth-order valence-corrected chi connectivity index (χ4v) is 3.74. The van der Waals surface area contributed by atoms with E-state index in [1.54, 1.807) is 52.9 Å². The summed E-state index contributed by atoms with van der Waals surface area (Å²) in [5.41, 5.74) is 4.15. The number of hydrogen-bond acceptors (Lipinski definition) is 6. The number of aromatic nitrogens is 1. The molecule has 0 radical (unpaired) electrons. The molecule has 6 nitrogen and oxygen atoms in total. The Bertz CT molecular complexity index is 1030. The number of carbonyl (C=O) groups is 3. The molecule has 136 valence electrons. The Morgan fingerprint density at radius 3 is 2.63 bits per heavy atom. The number of rotatable bonds is 5. The van der Waals surface area contributed by atoms with Crippen LogP contribution in [0.15, 0.2) is 48.0 Å². The van der Waals surface area contributed by atoms with Crippen molar-refractivity contribution in [1.29, 1.82) is 0 Å². The number of amides is 1. The third-order valence-electron chi connectivity index (χ3n) is 4.48. The van der Waals surface area contributed by atoms with Crippen molar-refractivity contribution in [3.8, 4) is 0 Å². The van der Waals surface area contributed by atoms with Gasteiger partial charge in [0, 0.05) is 24.2 Å². The molecule has 0 unspecified atom stereocenters. The Hall–Kier alpha value is -3.06. The van der Waals surface area contributed by atoms with Crippen LogP contribution in [0.2, 0.25) is 0 Å². The highest BCUT2D eigenvalue weighted by Crippen LogP contribution is 2.22. The van der Waals surface area contributed by atoms with Crippen LogP contribution in [0.25, 0.3) is 10.2 Å². The van der Waals surface area contributed by atoms with E-state index >= 15 is 0 Å². The molecule has 0 aliphatic carbocycles. The third kappa shape index (κ3) is 3.59. The lowest BCUT2D eigenvalue weighted by atomic mass is 10.1. The highest BCUT2D eigenvalue weighted by atomic mass is 32.1. The van der Waals surface area contributed by atoms with Gasteiger partial charge in [-0.25, -0.2) is 9.78 Å². The van der Waals surface area contributed by atoms with Crippen LogP contribution in [0.5, 0.6) is 0 Å². The molecular formula is C20H16N2O4S. The number of benzene rings is 2. The van der Waals surface area contributed by atoms with Gasteiger partial charge in [-0.2, -0.15) is 0 Å². The fourth-order valence-electron chi connectivity index (χ4n) is 3.03. The lowest BCUT2D eigenvalue weighted by molar-refractivity contribution is -0.117. The van der Waals surface area contributed by atoms with Gasteiger partial charge in [0.15, 0.2) is 12.4 Å². The van der Waals surface area contributed by atoms with E-state index in [1.807, 2.05) is 0 Å². The van der Waals surface area contributed by atoms with Gasteiger partial charge in [-0.3, -0.25) is 9.59 Å². The first-order chi connectivity index (χ1) is 13.1. The van der Waals surface area contributed by atoms with E-state index in [2.05, 4.69) is 4.98 Å². The highest BCUT2D eigenvalue weighted by molar-refractivity contribution is 7.16. The van der Waals surface area contributed by atoms with Crippen molar-refractivity contribution in [3.05, 3.63) is 59.1 Å². The average molecular weight is 380 g/mol. The topological polar surface area (TPSA) is 76.6 Å². The fraction of sp³-hybridized carbons (Fsp3) is 0.200. The average Bonchev–Trinajstić information content (AvgIpc) is 3.34. The summed E-state index contributed by atoms with van der Waals surface area (Å²) < 4.78 is 6.04. The largest absolute Gasteiger partial charge is 0.454 e. The van der Waals surface area contributed by atoms with Gasteiger partial charge in [0.1, 0.15) is 0 Å². The third-order valence-corrected chi connectivity index (χ3v) is 5.27. The molecule has 2 aromatic carbocycles. The Kier molecular flexibility index (Phi) is 4.68. The van der Waals surface area contributed by atoms with Crippen LogP contribution in [0.3, 0.4) is 0 Å². The highest BCUT2D eigenvalue weighted by Gasteiger charge is 2.21.